The summed E-state index contributed by atoms with van der Waals surface area (Å²) in [6.07, 6.45) is 0.752. The summed E-state index contributed by atoms with van der Waals surface area (Å²) in [5.41, 5.74) is 0.955. The zero-order valence-electron chi connectivity index (χ0n) is 16.2. The number of hydrogen-bond acceptors (Lipinski definition) is 4. The van der Waals surface area contributed by atoms with Crippen LogP contribution in [-0.2, 0) is 24.9 Å². The molecule has 1 aromatic carbocycles. The lowest BCUT2D eigenvalue weighted by Crippen LogP contribution is -2.46. The highest BCUT2D eigenvalue weighted by atomic mass is 16.2. The molecule has 7 nitrogen and oxygen atoms in total. The number of benzene rings is 1. The van der Waals surface area contributed by atoms with Crippen molar-refractivity contribution < 1.29 is 4.79 Å². The molecule has 142 valence electrons. The smallest absolute Gasteiger partial charge is 0.331 e. The highest BCUT2D eigenvalue weighted by molar-refractivity contribution is 5.76. The molecule has 0 saturated heterocycles. The Labute approximate surface area is 158 Å². The molecule has 0 atom stereocenters. The van der Waals surface area contributed by atoms with Gasteiger partial charge in [0.2, 0.25) is 5.91 Å². The van der Waals surface area contributed by atoms with Gasteiger partial charge in [0.1, 0.15) is 18.2 Å². The van der Waals surface area contributed by atoms with Crippen LogP contribution >= 0.6 is 0 Å². The molecule has 27 heavy (non-hydrogen) atoms. The zero-order valence-corrected chi connectivity index (χ0v) is 16.2. The lowest BCUT2D eigenvalue weighted by molar-refractivity contribution is -0.132. The van der Waals surface area contributed by atoms with Crippen LogP contribution in [0.1, 0.15) is 35.7 Å². The maximum atomic E-state index is 12.8. The molecule has 0 spiro atoms. The van der Waals surface area contributed by atoms with Gasteiger partial charge >= 0.3 is 5.69 Å². The molecule has 0 aliphatic rings. The Hall–Kier alpha value is -3.14. The summed E-state index contributed by atoms with van der Waals surface area (Å²) < 4.78 is 2.06. The van der Waals surface area contributed by atoms with Gasteiger partial charge in [-0.3, -0.25) is 14.2 Å². The fourth-order valence-corrected chi connectivity index (χ4v) is 2.85. The van der Waals surface area contributed by atoms with Gasteiger partial charge in [0, 0.05) is 25.8 Å². The fourth-order valence-electron chi connectivity index (χ4n) is 2.85. The molecule has 2 aromatic rings. The molecule has 7 heteroatoms. The molecular formula is C20H24N4O3. The highest BCUT2D eigenvalue weighted by Gasteiger charge is 2.19. The second-order valence-electron chi connectivity index (χ2n) is 6.61. The largest absolute Gasteiger partial charge is 0.337 e. The minimum atomic E-state index is -0.724. The van der Waals surface area contributed by atoms with Crippen LogP contribution in [0.4, 0.5) is 0 Å². The van der Waals surface area contributed by atoms with E-state index >= 15 is 0 Å². The van der Waals surface area contributed by atoms with E-state index in [9.17, 15) is 19.6 Å². The van der Waals surface area contributed by atoms with Crippen molar-refractivity contribution in [2.24, 2.45) is 7.05 Å². The van der Waals surface area contributed by atoms with E-state index in [0.29, 0.717) is 18.8 Å². The van der Waals surface area contributed by atoms with Gasteiger partial charge < -0.3 is 4.90 Å². The third-order valence-corrected chi connectivity index (χ3v) is 4.59. The first-order valence-electron chi connectivity index (χ1n) is 8.84. The molecule has 0 saturated carbocycles. The van der Waals surface area contributed by atoms with Crippen molar-refractivity contribution >= 4 is 5.91 Å². The van der Waals surface area contributed by atoms with Crippen LogP contribution in [-0.4, -0.2) is 26.5 Å². The molecule has 1 aromatic heterocycles. The predicted octanol–water partition coefficient (Wildman–Crippen LogP) is 1.47. The second kappa shape index (κ2) is 8.49. The van der Waals surface area contributed by atoms with E-state index in [4.69, 9.17) is 0 Å². The Morgan fingerprint density at radius 2 is 1.81 bits per heavy atom. The molecule has 1 heterocycles. The maximum Gasteiger partial charge on any atom is 0.331 e. The average Bonchev–Trinajstić information content (AvgIpc) is 2.65. The molecule has 0 unspecified atom stereocenters. The van der Waals surface area contributed by atoms with Gasteiger partial charge in [0.05, 0.1) is 0 Å². The summed E-state index contributed by atoms with van der Waals surface area (Å²) in [4.78, 5) is 39.3. The molecule has 0 aliphatic carbocycles. The van der Waals surface area contributed by atoms with Crippen LogP contribution in [0, 0.1) is 25.2 Å². The second-order valence-corrected chi connectivity index (χ2v) is 6.61. The van der Waals surface area contributed by atoms with Gasteiger partial charge in [-0.15, -0.1) is 0 Å². The van der Waals surface area contributed by atoms with Crippen molar-refractivity contribution in [2.45, 2.75) is 40.3 Å². The number of aryl methyl sites for hydroxylation is 1. The predicted molar refractivity (Wildman–Crippen MR) is 102 cm³/mol. The summed E-state index contributed by atoms with van der Waals surface area (Å²) >= 11 is 0. The van der Waals surface area contributed by atoms with Crippen LogP contribution in [0.25, 0.3) is 0 Å². The number of carbonyl (C=O) groups is 1. The van der Waals surface area contributed by atoms with Gasteiger partial charge in [-0.1, -0.05) is 36.8 Å². The van der Waals surface area contributed by atoms with Crippen LogP contribution in [0.5, 0.6) is 0 Å². The molecule has 0 aliphatic heterocycles. The SMILES string of the molecule is CCCN(Cc1ccc(C)cc1)C(=O)Cn1c(=O)c(C#N)c(C)n(C)c1=O. The lowest BCUT2D eigenvalue weighted by atomic mass is 10.1. The normalized spacial score (nSPS) is 10.5. The van der Waals surface area contributed by atoms with Crippen LogP contribution in [0.2, 0.25) is 0 Å². The standard InChI is InChI=1S/C20H24N4O3/c1-5-10-23(12-16-8-6-14(2)7-9-16)18(25)13-24-19(26)17(11-21)15(3)22(4)20(24)27/h6-9H,5,10,12-13H2,1-4H3. The van der Waals surface area contributed by atoms with E-state index in [1.165, 1.54) is 18.5 Å². The van der Waals surface area contributed by atoms with Gasteiger partial charge in [0.25, 0.3) is 5.56 Å². The first-order valence-corrected chi connectivity index (χ1v) is 8.84. The lowest BCUT2D eigenvalue weighted by Gasteiger charge is -2.23. The molecule has 0 N–H and O–H groups in total. The third-order valence-electron chi connectivity index (χ3n) is 4.59. The number of hydrogen-bond donors (Lipinski definition) is 0. The van der Waals surface area contributed by atoms with Gasteiger partial charge in [-0.2, -0.15) is 5.26 Å². The van der Waals surface area contributed by atoms with Crippen molar-refractivity contribution in [3.63, 3.8) is 0 Å². The van der Waals surface area contributed by atoms with E-state index in [1.54, 1.807) is 4.90 Å². The van der Waals surface area contributed by atoms with Gasteiger partial charge in [0.15, 0.2) is 0 Å². The quantitative estimate of drug-likeness (QED) is 0.772. The first-order chi connectivity index (χ1) is 12.8. The monoisotopic (exact) mass is 368 g/mol. The summed E-state index contributed by atoms with van der Waals surface area (Å²) in [7, 11) is 1.48. The van der Waals surface area contributed by atoms with Crippen molar-refractivity contribution in [1.29, 1.82) is 5.26 Å². The van der Waals surface area contributed by atoms with Crippen molar-refractivity contribution in [3.8, 4) is 6.07 Å². The number of carbonyl (C=O) groups excluding carboxylic acids is 1. The Morgan fingerprint density at radius 3 is 2.37 bits per heavy atom. The molecular weight excluding hydrogens is 344 g/mol. The molecule has 0 bridgehead atoms. The van der Waals surface area contributed by atoms with E-state index in [-0.39, 0.29) is 18.0 Å². The fraction of sp³-hybridized carbons (Fsp3) is 0.400. The zero-order chi connectivity index (χ0) is 20.1. The topological polar surface area (TPSA) is 88.1 Å². The Balaban J connectivity index is 2.34. The Bertz CT molecular complexity index is 994. The maximum absolute atomic E-state index is 12.8. The molecule has 0 radical (unpaired) electrons. The van der Waals surface area contributed by atoms with E-state index < -0.39 is 11.2 Å². The summed E-state index contributed by atoms with van der Waals surface area (Å²) in [6, 6.07) is 9.69. The third kappa shape index (κ3) is 4.34. The number of amides is 1. The van der Waals surface area contributed by atoms with E-state index in [0.717, 1.165) is 22.1 Å². The number of nitrogens with zero attached hydrogens (tertiary/aromatic N) is 4. The summed E-state index contributed by atoms with van der Waals surface area (Å²) in [5.74, 6) is -0.329. The van der Waals surface area contributed by atoms with Crippen LogP contribution in [0.15, 0.2) is 33.9 Å². The Morgan fingerprint density at radius 1 is 1.19 bits per heavy atom. The summed E-state index contributed by atoms with van der Waals surface area (Å²) in [6.45, 7) is 6.02. The van der Waals surface area contributed by atoms with Crippen LogP contribution < -0.4 is 11.2 Å². The molecule has 0 fully saturated rings. The Kier molecular flexibility index (Phi) is 6.35. The highest BCUT2D eigenvalue weighted by Crippen LogP contribution is 2.08. The van der Waals surface area contributed by atoms with Crippen molar-refractivity contribution in [3.05, 3.63) is 67.5 Å². The van der Waals surface area contributed by atoms with Crippen molar-refractivity contribution in [1.82, 2.24) is 14.0 Å². The van der Waals surface area contributed by atoms with Crippen LogP contribution in [0.3, 0.4) is 0 Å². The van der Waals surface area contributed by atoms with Gasteiger partial charge in [-0.25, -0.2) is 9.36 Å². The minimum absolute atomic E-state index is 0.120. The summed E-state index contributed by atoms with van der Waals surface area (Å²) in [5, 5.41) is 9.21. The minimum Gasteiger partial charge on any atom is -0.337 e. The van der Waals surface area contributed by atoms with Gasteiger partial charge in [-0.05, 0) is 25.8 Å². The number of aromatic nitrogens is 2. The number of rotatable bonds is 6. The first kappa shape index (κ1) is 20.2. The van der Waals surface area contributed by atoms with Crippen molar-refractivity contribution in [2.75, 3.05) is 6.54 Å². The van der Waals surface area contributed by atoms with E-state index in [1.807, 2.05) is 44.2 Å². The molecule has 1 amide bonds. The van der Waals surface area contributed by atoms with E-state index in [2.05, 4.69) is 0 Å². The number of nitriles is 1. The molecule has 2 rings (SSSR count). The average molecular weight is 368 g/mol.